The highest BCUT2D eigenvalue weighted by Crippen LogP contribution is 2.21. The molecule has 0 saturated carbocycles. The van der Waals surface area contributed by atoms with Crippen LogP contribution in [0, 0.1) is 6.92 Å². The second-order valence-corrected chi connectivity index (χ2v) is 6.55. The molecular weight excluding hydrogens is 312 g/mol. The first kappa shape index (κ1) is 17.2. The number of rotatable bonds is 6. The molecule has 3 aromatic rings. The van der Waals surface area contributed by atoms with Gasteiger partial charge in [-0.2, -0.15) is 0 Å². The second kappa shape index (κ2) is 7.53. The molecule has 0 saturated heterocycles. The summed E-state index contributed by atoms with van der Waals surface area (Å²) >= 11 is 0. The van der Waals surface area contributed by atoms with E-state index < -0.39 is 0 Å². The number of nitrogens with zero attached hydrogens (tertiary/aromatic N) is 1. The highest BCUT2D eigenvalue weighted by atomic mass is 16.3. The predicted molar refractivity (Wildman–Crippen MR) is 101 cm³/mol. The van der Waals surface area contributed by atoms with E-state index in [0.717, 1.165) is 27.9 Å². The van der Waals surface area contributed by atoms with E-state index in [0.29, 0.717) is 13.0 Å². The van der Waals surface area contributed by atoms with Crippen LogP contribution in [0.1, 0.15) is 23.1 Å². The molecule has 0 radical (unpaired) electrons. The van der Waals surface area contributed by atoms with E-state index in [9.17, 15) is 4.79 Å². The van der Waals surface area contributed by atoms with Crippen molar-refractivity contribution in [2.24, 2.45) is 0 Å². The average Bonchev–Trinajstić information content (AvgIpc) is 3.01. The minimum absolute atomic E-state index is 0.0187. The molecule has 1 amide bonds. The van der Waals surface area contributed by atoms with Crippen LogP contribution in [0.15, 0.2) is 59.0 Å². The summed E-state index contributed by atoms with van der Waals surface area (Å²) in [6.07, 6.45) is 0.374. The third kappa shape index (κ3) is 4.09. The maximum absolute atomic E-state index is 12.5. The first-order valence-corrected chi connectivity index (χ1v) is 8.50. The van der Waals surface area contributed by atoms with Gasteiger partial charge < -0.3 is 9.73 Å². The van der Waals surface area contributed by atoms with Crippen molar-refractivity contribution in [1.82, 2.24) is 10.2 Å². The molecular formula is C21H24N2O2. The smallest absolute Gasteiger partial charge is 0.224 e. The molecule has 130 valence electrons. The molecule has 0 aliphatic heterocycles. The van der Waals surface area contributed by atoms with Crippen LogP contribution in [0.3, 0.4) is 0 Å². The molecule has 1 N–H and O–H groups in total. The molecule has 1 atom stereocenters. The van der Waals surface area contributed by atoms with Gasteiger partial charge in [0, 0.05) is 6.54 Å². The Bertz CT molecular complexity index is 862. The molecule has 0 aliphatic rings. The monoisotopic (exact) mass is 336 g/mol. The molecule has 0 bridgehead atoms. The van der Waals surface area contributed by atoms with Crippen molar-refractivity contribution in [3.8, 4) is 0 Å². The van der Waals surface area contributed by atoms with Gasteiger partial charge in [0.05, 0.1) is 12.5 Å². The zero-order valence-electron chi connectivity index (χ0n) is 15.0. The molecule has 0 unspecified atom stereocenters. The second-order valence-electron chi connectivity index (χ2n) is 6.55. The van der Waals surface area contributed by atoms with Crippen LogP contribution < -0.4 is 5.32 Å². The summed E-state index contributed by atoms with van der Waals surface area (Å²) in [5.74, 6) is 1.77. The lowest BCUT2D eigenvalue weighted by Gasteiger charge is -2.22. The lowest BCUT2D eigenvalue weighted by molar-refractivity contribution is -0.120. The van der Waals surface area contributed by atoms with E-state index in [2.05, 4.69) is 28.4 Å². The summed E-state index contributed by atoms with van der Waals surface area (Å²) in [5, 5.41) is 5.33. The highest BCUT2D eigenvalue weighted by Gasteiger charge is 2.18. The maximum atomic E-state index is 12.5. The summed E-state index contributed by atoms with van der Waals surface area (Å²) in [6.45, 7) is 2.44. The number of hydrogen-bond acceptors (Lipinski definition) is 3. The number of carbonyl (C=O) groups excluding carboxylic acids is 1. The van der Waals surface area contributed by atoms with Crippen molar-refractivity contribution in [2.75, 3.05) is 20.6 Å². The van der Waals surface area contributed by atoms with Gasteiger partial charge in [0.2, 0.25) is 5.91 Å². The number of fused-ring (bicyclic) bond motifs is 1. The Balaban J connectivity index is 1.67. The number of aryl methyl sites for hydroxylation is 1. The van der Waals surface area contributed by atoms with E-state index in [1.807, 2.05) is 57.4 Å². The van der Waals surface area contributed by atoms with Crippen LogP contribution in [0.4, 0.5) is 0 Å². The van der Waals surface area contributed by atoms with Gasteiger partial charge in [-0.3, -0.25) is 9.69 Å². The van der Waals surface area contributed by atoms with Gasteiger partial charge in [0.1, 0.15) is 11.5 Å². The lowest BCUT2D eigenvalue weighted by atomic mass is 10.0. The minimum atomic E-state index is 0.0187. The zero-order chi connectivity index (χ0) is 17.8. The summed E-state index contributed by atoms with van der Waals surface area (Å²) in [4.78, 5) is 14.5. The van der Waals surface area contributed by atoms with Crippen LogP contribution in [-0.2, 0) is 11.2 Å². The Morgan fingerprint density at radius 3 is 2.56 bits per heavy atom. The van der Waals surface area contributed by atoms with Crippen molar-refractivity contribution >= 4 is 16.7 Å². The van der Waals surface area contributed by atoms with Crippen molar-refractivity contribution in [2.45, 2.75) is 19.4 Å². The van der Waals surface area contributed by atoms with Crippen molar-refractivity contribution in [3.05, 3.63) is 71.7 Å². The zero-order valence-corrected chi connectivity index (χ0v) is 15.0. The lowest BCUT2D eigenvalue weighted by Crippen LogP contribution is -2.35. The van der Waals surface area contributed by atoms with Gasteiger partial charge in [-0.05, 0) is 49.5 Å². The van der Waals surface area contributed by atoms with Crippen molar-refractivity contribution in [3.63, 3.8) is 0 Å². The number of benzene rings is 2. The van der Waals surface area contributed by atoms with Gasteiger partial charge in [-0.1, -0.05) is 42.5 Å². The molecule has 3 rings (SSSR count). The minimum Gasteiger partial charge on any atom is -0.465 e. The number of nitrogens with one attached hydrogen (secondary N) is 1. The number of carbonyl (C=O) groups is 1. The molecule has 0 fully saturated rings. The molecule has 1 aromatic heterocycles. The first-order valence-electron chi connectivity index (χ1n) is 8.50. The van der Waals surface area contributed by atoms with Crippen molar-refractivity contribution in [1.29, 1.82) is 0 Å². The fraction of sp³-hybridized carbons (Fsp3) is 0.286. The van der Waals surface area contributed by atoms with Gasteiger partial charge in [-0.25, -0.2) is 0 Å². The average molecular weight is 336 g/mol. The molecule has 25 heavy (non-hydrogen) atoms. The van der Waals surface area contributed by atoms with Crippen LogP contribution in [0.25, 0.3) is 10.8 Å². The van der Waals surface area contributed by atoms with E-state index in [4.69, 9.17) is 4.42 Å². The SMILES string of the molecule is Cc1ccc([C@@H](CNC(=O)Cc2cccc3ccccc23)N(C)C)o1. The first-order chi connectivity index (χ1) is 12.0. The largest absolute Gasteiger partial charge is 0.465 e. The summed E-state index contributed by atoms with van der Waals surface area (Å²) in [7, 11) is 3.97. The number of furan rings is 1. The van der Waals surface area contributed by atoms with Gasteiger partial charge in [0.25, 0.3) is 0 Å². The van der Waals surface area contributed by atoms with E-state index in [1.165, 1.54) is 0 Å². The van der Waals surface area contributed by atoms with Crippen molar-refractivity contribution < 1.29 is 9.21 Å². The molecule has 0 spiro atoms. The number of likely N-dealkylation sites (N-methyl/N-ethyl adjacent to an activating group) is 1. The third-order valence-electron chi connectivity index (χ3n) is 4.44. The Kier molecular flexibility index (Phi) is 5.19. The Morgan fingerprint density at radius 1 is 1.08 bits per heavy atom. The Morgan fingerprint density at radius 2 is 1.84 bits per heavy atom. The maximum Gasteiger partial charge on any atom is 0.224 e. The molecule has 0 aliphatic carbocycles. The van der Waals surface area contributed by atoms with Crippen LogP contribution >= 0.6 is 0 Å². The summed E-state index contributed by atoms with van der Waals surface area (Å²) in [5.41, 5.74) is 1.05. The third-order valence-corrected chi connectivity index (χ3v) is 4.44. The fourth-order valence-electron chi connectivity index (χ4n) is 3.06. The van der Waals surface area contributed by atoms with E-state index >= 15 is 0 Å². The van der Waals surface area contributed by atoms with Gasteiger partial charge in [0.15, 0.2) is 0 Å². The Labute approximate surface area is 148 Å². The predicted octanol–water partition coefficient (Wildman–Crippen LogP) is 3.70. The normalized spacial score (nSPS) is 12.5. The highest BCUT2D eigenvalue weighted by molar-refractivity contribution is 5.90. The Hall–Kier alpha value is -2.59. The number of hydrogen-bond donors (Lipinski definition) is 1. The van der Waals surface area contributed by atoms with Gasteiger partial charge in [-0.15, -0.1) is 0 Å². The fourth-order valence-corrected chi connectivity index (χ4v) is 3.06. The van der Waals surface area contributed by atoms with E-state index in [1.54, 1.807) is 0 Å². The molecule has 2 aromatic carbocycles. The van der Waals surface area contributed by atoms with Crippen LogP contribution in [0.5, 0.6) is 0 Å². The van der Waals surface area contributed by atoms with Crippen LogP contribution in [-0.4, -0.2) is 31.4 Å². The standard InChI is InChI=1S/C21H24N2O2/c1-15-11-12-20(25-15)19(23(2)3)14-22-21(24)13-17-9-6-8-16-7-4-5-10-18(16)17/h4-12,19H,13-14H2,1-3H3,(H,22,24)/t19-/m1/s1. The summed E-state index contributed by atoms with van der Waals surface area (Å²) < 4.78 is 5.72. The quantitative estimate of drug-likeness (QED) is 0.746. The van der Waals surface area contributed by atoms with Gasteiger partial charge >= 0.3 is 0 Å². The molecule has 1 heterocycles. The molecule has 4 heteroatoms. The number of amides is 1. The molecule has 4 nitrogen and oxygen atoms in total. The van der Waals surface area contributed by atoms with E-state index in [-0.39, 0.29) is 11.9 Å². The summed E-state index contributed by atoms with van der Waals surface area (Å²) in [6, 6.07) is 18.2. The topological polar surface area (TPSA) is 45.5 Å². The van der Waals surface area contributed by atoms with Crippen LogP contribution in [0.2, 0.25) is 0 Å².